The predicted molar refractivity (Wildman–Crippen MR) is 107 cm³/mol. The second kappa shape index (κ2) is 7.38. The molecule has 4 rings (SSSR count). The number of nitrogens with zero attached hydrogens (tertiary/aromatic N) is 3. The van der Waals surface area contributed by atoms with Crippen molar-refractivity contribution in [3.8, 4) is 17.1 Å². The molecule has 0 saturated carbocycles. The Morgan fingerprint density at radius 3 is 2.64 bits per heavy atom. The zero-order chi connectivity index (χ0) is 19.7. The molecule has 4 aromatic rings. The highest BCUT2D eigenvalue weighted by Gasteiger charge is 2.25. The molecule has 142 valence electrons. The molecule has 5 nitrogen and oxygen atoms in total. The number of hydrogen-bond donors (Lipinski definition) is 1. The van der Waals surface area contributed by atoms with Gasteiger partial charge in [0.15, 0.2) is 0 Å². The number of methoxy groups -OCH3 is 1. The van der Waals surface area contributed by atoms with Crippen molar-refractivity contribution in [1.29, 1.82) is 0 Å². The third-order valence-corrected chi connectivity index (χ3v) is 4.94. The van der Waals surface area contributed by atoms with E-state index in [0.717, 1.165) is 28.0 Å². The summed E-state index contributed by atoms with van der Waals surface area (Å²) in [7, 11) is 1.60. The van der Waals surface area contributed by atoms with Gasteiger partial charge in [-0.2, -0.15) is 5.10 Å². The predicted octanol–water partition coefficient (Wildman–Crippen LogP) is 4.96. The van der Waals surface area contributed by atoms with Gasteiger partial charge < -0.3 is 4.74 Å². The molecule has 28 heavy (non-hydrogen) atoms. The highest BCUT2D eigenvalue weighted by Crippen LogP contribution is 2.36. The van der Waals surface area contributed by atoms with E-state index in [2.05, 4.69) is 29.0 Å². The van der Waals surface area contributed by atoms with Gasteiger partial charge in [-0.3, -0.25) is 5.10 Å². The Hall–Kier alpha value is -3.28. The molecule has 0 amide bonds. The van der Waals surface area contributed by atoms with Crippen LogP contribution in [0.2, 0.25) is 0 Å². The number of hydrogen-bond acceptors (Lipinski definition) is 4. The number of aromatic nitrogens is 4. The number of halogens is 1. The summed E-state index contributed by atoms with van der Waals surface area (Å²) in [5.41, 5.74) is 2.50. The molecule has 6 heteroatoms. The Labute approximate surface area is 162 Å². The first-order chi connectivity index (χ1) is 13.6. The van der Waals surface area contributed by atoms with E-state index in [1.165, 1.54) is 12.4 Å². The first kappa shape index (κ1) is 18.1. The summed E-state index contributed by atoms with van der Waals surface area (Å²) < 4.78 is 19.8. The summed E-state index contributed by atoms with van der Waals surface area (Å²) in [6, 6.07) is 14.7. The minimum Gasteiger partial charge on any atom is -0.481 e. The highest BCUT2D eigenvalue weighted by atomic mass is 19.1. The zero-order valence-electron chi connectivity index (χ0n) is 16.0. The maximum absolute atomic E-state index is 14.2. The molecule has 1 N–H and O–H groups in total. The molecule has 0 spiro atoms. The number of aromatic amines is 1. The highest BCUT2D eigenvalue weighted by molar-refractivity contribution is 5.87. The molecule has 0 saturated heterocycles. The Morgan fingerprint density at radius 2 is 1.93 bits per heavy atom. The number of H-pyrrole nitrogens is 1. The second-order valence-corrected chi connectivity index (χ2v) is 7.06. The third kappa shape index (κ3) is 3.22. The van der Waals surface area contributed by atoms with Crippen LogP contribution in [0.3, 0.4) is 0 Å². The standard InChI is InChI=1S/C22H21FN4O/c1-13(2)20(21-24-12-25-27-21)16-9-10-19(26-22(16)28-3)15-8-7-14-5-4-6-18(23)17(14)11-15/h4-13,20H,1-3H3,(H,24,25,27). The number of nitrogens with one attached hydrogen (secondary N) is 1. The first-order valence-electron chi connectivity index (χ1n) is 9.17. The van der Waals surface area contributed by atoms with Gasteiger partial charge in [-0.05, 0) is 29.5 Å². The molecule has 2 aromatic carbocycles. The number of pyridine rings is 1. The topological polar surface area (TPSA) is 63.7 Å². The molecule has 2 aromatic heterocycles. The molecule has 1 atom stereocenters. The van der Waals surface area contributed by atoms with Crippen LogP contribution in [-0.2, 0) is 0 Å². The molecule has 2 heterocycles. The average Bonchev–Trinajstić information content (AvgIpc) is 3.22. The van der Waals surface area contributed by atoms with Crippen LogP contribution < -0.4 is 4.74 Å². The van der Waals surface area contributed by atoms with E-state index in [-0.39, 0.29) is 17.7 Å². The fourth-order valence-corrected chi connectivity index (χ4v) is 3.59. The molecular formula is C22H21FN4O. The van der Waals surface area contributed by atoms with Gasteiger partial charge in [0.1, 0.15) is 18.0 Å². The first-order valence-corrected chi connectivity index (χ1v) is 9.17. The fraction of sp³-hybridized carbons (Fsp3) is 0.227. The summed E-state index contributed by atoms with van der Waals surface area (Å²) in [6.45, 7) is 4.24. The zero-order valence-corrected chi connectivity index (χ0v) is 16.0. The maximum atomic E-state index is 14.2. The lowest BCUT2D eigenvalue weighted by atomic mass is 9.88. The van der Waals surface area contributed by atoms with Crippen LogP contribution in [-0.4, -0.2) is 27.3 Å². The minimum absolute atomic E-state index is 0.0203. The lowest BCUT2D eigenvalue weighted by Crippen LogP contribution is -2.13. The van der Waals surface area contributed by atoms with E-state index >= 15 is 0 Å². The average molecular weight is 376 g/mol. The quantitative estimate of drug-likeness (QED) is 0.535. The maximum Gasteiger partial charge on any atom is 0.217 e. The van der Waals surface area contributed by atoms with E-state index in [4.69, 9.17) is 9.72 Å². The van der Waals surface area contributed by atoms with Crippen LogP contribution in [0, 0.1) is 11.7 Å². The summed E-state index contributed by atoms with van der Waals surface area (Å²) in [6.07, 6.45) is 1.50. The summed E-state index contributed by atoms with van der Waals surface area (Å²) in [4.78, 5) is 9.03. The Morgan fingerprint density at radius 1 is 1.07 bits per heavy atom. The van der Waals surface area contributed by atoms with E-state index in [9.17, 15) is 4.39 Å². The monoisotopic (exact) mass is 376 g/mol. The summed E-state index contributed by atoms with van der Waals surface area (Å²) in [5, 5.41) is 8.37. The van der Waals surface area contributed by atoms with Gasteiger partial charge in [0.25, 0.3) is 0 Å². The van der Waals surface area contributed by atoms with Crippen molar-refractivity contribution in [2.75, 3.05) is 7.11 Å². The smallest absolute Gasteiger partial charge is 0.217 e. The van der Waals surface area contributed by atoms with Crippen molar-refractivity contribution >= 4 is 10.8 Å². The van der Waals surface area contributed by atoms with Gasteiger partial charge in [-0.15, -0.1) is 0 Å². The van der Waals surface area contributed by atoms with Gasteiger partial charge in [-0.25, -0.2) is 14.4 Å². The normalized spacial score (nSPS) is 12.5. The van der Waals surface area contributed by atoms with Crippen molar-refractivity contribution in [2.24, 2.45) is 5.92 Å². The van der Waals surface area contributed by atoms with Crippen molar-refractivity contribution in [3.05, 3.63) is 72.1 Å². The van der Waals surface area contributed by atoms with Crippen molar-refractivity contribution in [1.82, 2.24) is 20.2 Å². The van der Waals surface area contributed by atoms with Crippen molar-refractivity contribution in [2.45, 2.75) is 19.8 Å². The molecule has 0 radical (unpaired) electrons. The molecular weight excluding hydrogens is 355 g/mol. The number of benzene rings is 2. The molecule has 1 unspecified atom stereocenters. The van der Waals surface area contributed by atoms with Crippen molar-refractivity contribution in [3.63, 3.8) is 0 Å². The lowest BCUT2D eigenvalue weighted by molar-refractivity contribution is 0.384. The third-order valence-electron chi connectivity index (χ3n) is 4.94. The number of rotatable bonds is 5. The summed E-state index contributed by atoms with van der Waals surface area (Å²) >= 11 is 0. The van der Waals surface area contributed by atoms with E-state index in [1.807, 2.05) is 36.4 Å². The van der Waals surface area contributed by atoms with E-state index < -0.39 is 0 Å². The van der Waals surface area contributed by atoms with Gasteiger partial charge in [0.05, 0.1) is 18.7 Å². The Bertz CT molecular complexity index is 1110. The lowest BCUT2D eigenvalue weighted by Gasteiger charge is -2.21. The largest absolute Gasteiger partial charge is 0.481 e. The fourth-order valence-electron chi connectivity index (χ4n) is 3.59. The van der Waals surface area contributed by atoms with E-state index in [0.29, 0.717) is 11.3 Å². The molecule has 0 bridgehead atoms. The number of ether oxygens (including phenoxy) is 1. The van der Waals surface area contributed by atoms with Crippen LogP contribution in [0.25, 0.3) is 22.0 Å². The van der Waals surface area contributed by atoms with Gasteiger partial charge in [0.2, 0.25) is 5.88 Å². The summed E-state index contributed by atoms with van der Waals surface area (Å²) in [5.74, 6) is 1.31. The Kier molecular flexibility index (Phi) is 4.77. The van der Waals surface area contributed by atoms with Crippen LogP contribution in [0.4, 0.5) is 4.39 Å². The van der Waals surface area contributed by atoms with E-state index in [1.54, 1.807) is 13.2 Å². The van der Waals surface area contributed by atoms with Crippen LogP contribution in [0.15, 0.2) is 54.9 Å². The molecule has 0 fully saturated rings. The van der Waals surface area contributed by atoms with Crippen LogP contribution in [0.1, 0.15) is 31.2 Å². The minimum atomic E-state index is -0.242. The van der Waals surface area contributed by atoms with Gasteiger partial charge >= 0.3 is 0 Å². The van der Waals surface area contributed by atoms with Crippen LogP contribution >= 0.6 is 0 Å². The molecule has 0 aliphatic heterocycles. The number of fused-ring (bicyclic) bond motifs is 1. The molecule has 0 aliphatic carbocycles. The molecule has 0 aliphatic rings. The SMILES string of the molecule is COc1nc(-c2ccc3cccc(F)c3c2)ccc1C(c1ncn[nH]1)C(C)C. The van der Waals surface area contributed by atoms with Crippen LogP contribution in [0.5, 0.6) is 5.88 Å². The van der Waals surface area contributed by atoms with Gasteiger partial charge in [0, 0.05) is 16.5 Å². The Balaban J connectivity index is 1.80. The van der Waals surface area contributed by atoms with Gasteiger partial charge in [-0.1, -0.05) is 44.2 Å². The van der Waals surface area contributed by atoms with Crippen molar-refractivity contribution < 1.29 is 9.13 Å². The second-order valence-electron chi connectivity index (χ2n) is 7.06.